The topological polar surface area (TPSA) is 43.6 Å². The number of halogens is 2. The molecule has 0 aliphatic rings. The largest absolute Gasteiger partial charge is 0.490 e. The minimum atomic E-state index is 0.369. The van der Waals surface area contributed by atoms with E-state index < -0.39 is 0 Å². The lowest BCUT2D eigenvalue weighted by Crippen LogP contribution is -2.12. The predicted octanol–water partition coefficient (Wildman–Crippen LogP) is 5.96. The summed E-state index contributed by atoms with van der Waals surface area (Å²) in [7, 11) is 0. The van der Waals surface area contributed by atoms with Gasteiger partial charge in [0.25, 0.3) is 0 Å². The van der Waals surface area contributed by atoms with Crippen LogP contribution >= 0.6 is 27.5 Å². The smallest absolute Gasteiger partial charge is 0.175 e. The molecular weight excluding hydrogens is 430 g/mol. The molecule has 0 radical (unpaired) electrons. The Morgan fingerprint density at radius 3 is 2.67 bits per heavy atom. The van der Waals surface area contributed by atoms with E-state index in [2.05, 4.69) is 21.2 Å². The van der Waals surface area contributed by atoms with Crippen LogP contribution in [-0.2, 0) is 19.7 Å². The van der Waals surface area contributed by atoms with Crippen molar-refractivity contribution in [1.29, 1.82) is 0 Å². The first kappa shape index (κ1) is 19.8. The fourth-order valence-corrected chi connectivity index (χ4v) is 3.43. The highest BCUT2D eigenvalue weighted by molar-refractivity contribution is 9.10. The first-order valence-corrected chi connectivity index (χ1v) is 9.89. The molecule has 0 bridgehead atoms. The minimum absolute atomic E-state index is 0.369. The molecule has 1 heterocycles. The molecular formula is C21H21BrClNO3. The van der Waals surface area contributed by atoms with Crippen LogP contribution in [0.5, 0.6) is 11.5 Å². The van der Waals surface area contributed by atoms with E-state index in [0.29, 0.717) is 42.8 Å². The average Bonchev–Trinajstić information content (AvgIpc) is 3.16. The highest BCUT2D eigenvalue weighted by atomic mass is 79.9. The number of hydrogen-bond acceptors (Lipinski definition) is 4. The van der Waals surface area contributed by atoms with Gasteiger partial charge in [-0.15, -0.1) is 0 Å². The molecule has 0 atom stereocenters. The molecule has 1 N–H and O–H groups in total. The van der Waals surface area contributed by atoms with Crippen molar-refractivity contribution in [2.75, 3.05) is 6.61 Å². The number of hydrogen-bond donors (Lipinski definition) is 1. The van der Waals surface area contributed by atoms with Gasteiger partial charge in [0.15, 0.2) is 11.5 Å². The zero-order valence-electron chi connectivity index (χ0n) is 15.0. The maximum Gasteiger partial charge on any atom is 0.175 e. The van der Waals surface area contributed by atoms with Crippen molar-refractivity contribution in [2.45, 2.75) is 26.6 Å². The lowest BCUT2D eigenvalue weighted by atomic mass is 10.2. The van der Waals surface area contributed by atoms with Gasteiger partial charge in [0.05, 0.1) is 23.9 Å². The maximum absolute atomic E-state index is 6.22. The Balaban J connectivity index is 1.70. The van der Waals surface area contributed by atoms with Crippen molar-refractivity contribution in [3.8, 4) is 11.5 Å². The quantitative estimate of drug-likeness (QED) is 0.436. The Morgan fingerprint density at radius 2 is 1.93 bits per heavy atom. The van der Waals surface area contributed by atoms with Crippen molar-refractivity contribution in [2.24, 2.45) is 0 Å². The van der Waals surface area contributed by atoms with Crippen molar-refractivity contribution in [3.05, 3.63) is 81.2 Å². The van der Waals surface area contributed by atoms with Crippen LogP contribution in [0, 0.1) is 0 Å². The lowest BCUT2D eigenvalue weighted by molar-refractivity contribution is 0.267. The van der Waals surface area contributed by atoms with Gasteiger partial charge in [0, 0.05) is 17.1 Å². The number of ether oxygens (including phenoxy) is 2. The number of benzene rings is 2. The predicted molar refractivity (Wildman–Crippen MR) is 110 cm³/mol. The molecule has 4 nitrogen and oxygen atoms in total. The number of furan rings is 1. The van der Waals surface area contributed by atoms with E-state index in [1.807, 2.05) is 55.5 Å². The molecule has 6 heteroatoms. The zero-order valence-corrected chi connectivity index (χ0v) is 17.3. The van der Waals surface area contributed by atoms with Gasteiger partial charge in [-0.1, -0.05) is 29.8 Å². The minimum Gasteiger partial charge on any atom is -0.490 e. The summed E-state index contributed by atoms with van der Waals surface area (Å²) in [5, 5.41) is 4.04. The molecule has 3 rings (SSSR count). The molecule has 0 aliphatic carbocycles. The fourth-order valence-electron chi connectivity index (χ4n) is 2.64. The third-order valence-corrected chi connectivity index (χ3v) is 4.87. The molecule has 0 fully saturated rings. The molecule has 1 aromatic heterocycles. The second-order valence-electron chi connectivity index (χ2n) is 5.90. The van der Waals surface area contributed by atoms with E-state index in [4.69, 9.17) is 25.5 Å². The van der Waals surface area contributed by atoms with Crippen molar-refractivity contribution in [1.82, 2.24) is 5.32 Å². The molecule has 2 aromatic carbocycles. The van der Waals surface area contributed by atoms with E-state index in [1.54, 1.807) is 6.26 Å². The Morgan fingerprint density at radius 1 is 1.07 bits per heavy atom. The van der Waals surface area contributed by atoms with Gasteiger partial charge < -0.3 is 19.2 Å². The van der Waals surface area contributed by atoms with Gasteiger partial charge in [0.1, 0.15) is 12.4 Å². The van der Waals surface area contributed by atoms with E-state index >= 15 is 0 Å². The molecule has 27 heavy (non-hydrogen) atoms. The van der Waals surface area contributed by atoms with Gasteiger partial charge in [0.2, 0.25) is 0 Å². The van der Waals surface area contributed by atoms with Gasteiger partial charge in [-0.2, -0.15) is 0 Å². The number of nitrogens with one attached hydrogen (secondary N) is 1. The highest BCUT2D eigenvalue weighted by Gasteiger charge is 2.13. The fraction of sp³-hybridized carbons (Fsp3) is 0.238. The standard InChI is InChI=1S/C21H21BrClNO3/c1-2-25-20-11-15(12-24-13-17-7-5-9-26-17)10-18(22)21(20)27-14-16-6-3-4-8-19(16)23/h3-11,24H,2,12-14H2,1H3. The Labute approximate surface area is 172 Å². The van der Waals surface area contributed by atoms with Crippen molar-refractivity contribution >= 4 is 27.5 Å². The van der Waals surface area contributed by atoms with Crippen LogP contribution in [0.2, 0.25) is 5.02 Å². The van der Waals surface area contributed by atoms with Crippen molar-refractivity contribution in [3.63, 3.8) is 0 Å². The third-order valence-electron chi connectivity index (χ3n) is 3.91. The van der Waals surface area contributed by atoms with Crippen LogP contribution < -0.4 is 14.8 Å². The lowest BCUT2D eigenvalue weighted by Gasteiger charge is -2.16. The summed E-state index contributed by atoms with van der Waals surface area (Å²) in [6.07, 6.45) is 1.67. The van der Waals surface area contributed by atoms with E-state index in [-0.39, 0.29) is 0 Å². The van der Waals surface area contributed by atoms with Gasteiger partial charge in [-0.3, -0.25) is 0 Å². The Bertz CT molecular complexity index is 868. The van der Waals surface area contributed by atoms with E-state index in [9.17, 15) is 0 Å². The van der Waals surface area contributed by atoms with Gasteiger partial charge >= 0.3 is 0 Å². The molecule has 0 spiro atoms. The summed E-state index contributed by atoms with van der Waals surface area (Å²) < 4.78 is 18.0. The Kier molecular flexibility index (Phi) is 7.21. The van der Waals surface area contributed by atoms with Crippen molar-refractivity contribution < 1.29 is 13.9 Å². The number of rotatable bonds is 9. The second-order valence-corrected chi connectivity index (χ2v) is 7.16. The summed E-state index contributed by atoms with van der Waals surface area (Å²) in [6.45, 7) is 4.23. The zero-order chi connectivity index (χ0) is 19.1. The van der Waals surface area contributed by atoms with E-state index in [1.165, 1.54) is 0 Å². The first-order chi connectivity index (χ1) is 13.2. The SMILES string of the molecule is CCOc1cc(CNCc2ccco2)cc(Br)c1OCc1ccccc1Cl. The van der Waals surface area contributed by atoms with Crippen LogP contribution in [0.1, 0.15) is 23.8 Å². The maximum atomic E-state index is 6.22. The van der Waals surface area contributed by atoms with Gasteiger partial charge in [-0.05, 0) is 58.7 Å². The highest BCUT2D eigenvalue weighted by Crippen LogP contribution is 2.37. The van der Waals surface area contributed by atoms with Crippen LogP contribution in [-0.4, -0.2) is 6.61 Å². The monoisotopic (exact) mass is 449 g/mol. The van der Waals surface area contributed by atoms with Crippen LogP contribution in [0.3, 0.4) is 0 Å². The summed E-state index contributed by atoms with van der Waals surface area (Å²) in [4.78, 5) is 0. The second kappa shape index (κ2) is 9.83. The molecule has 0 saturated heterocycles. The van der Waals surface area contributed by atoms with Crippen LogP contribution in [0.15, 0.2) is 63.7 Å². The van der Waals surface area contributed by atoms with Gasteiger partial charge in [-0.25, -0.2) is 0 Å². The average molecular weight is 451 g/mol. The normalized spacial score (nSPS) is 10.8. The third kappa shape index (κ3) is 5.51. The summed E-state index contributed by atoms with van der Waals surface area (Å²) in [6, 6.07) is 15.5. The molecule has 0 saturated carbocycles. The first-order valence-electron chi connectivity index (χ1n) is 8.72. The van der Waals surface area contributed by atoms with Crippen LogP contribution in [0.4, 0.5) is 0 Å². The molecule has 0 unspecified atom stereocenters. The summed E-state index contributed by atoms with van der Waals surface area (Å²) in [5.74, 6) is 2.28. The summed E-state index contributed by atoms with van der Waals surface area (Å²) >= 11 is 9.82. The van der Waals surface area contributed by atoms with E-state index in [0.717, 1.165) is 21.4 Å². The van der Waals surface area contributed by atoms with Crippen LogP contribution in [0.25, 0.3) is 0 Å². The Hall–Kier alpha value is -1.95. The molecule has 0 amide bonds. The molecule has 142 valence electrons. The molecule has 3 aromatic rings. The molecule has 0 aliphatic heterocycles. The summed E-state index contributed by atoms with van der Waals surface area (Å²) in [5.41, 5.74) is 2.01.